The van der Waals surface area contributed by atoms with Crippen molar-refractivity contribution in [3.05, 3.63) is 29.3 Å². The first-order chi connectivity index (χ1) is 16.0. The van der Waals surface area contributed by atoms with Gasteiger partial charge in [0, 0.05) is 57.4 Å². The molecule has 1 unspecified atom stereocenters. The predicted octanol–water partition coefficient (Wildman–Crippen LogP) is -0.169. The van der Waals surface area contributed by atoms with Crippen molar-refractivity contribution in [2.75, 3.05) is 44.2 Å². The lowest BCUT2D eigenvalue weighted by molar-refractivity contribution is -0.136. The quantitative estimate of drug-likeness (QED) is 0.498. The Kier molecular flexibility index (Phi) is 5.61. The van der Waals surface area contributed by atoms with E-state index in [1.807, 2.05) is 11.0 Å². The maximum absolute atomic E-state index is 13.1. The van der Waals surface area contributed by atoms with Crippen molar-refractivity contribution in [3.8, 4) is 0 Å². The molecule has 0 spiro atoms. The summed E-state index contributed by atoms with van der Waals surface area (Å²) in [7, 11) is 0. The predicted molar refractivity (Wildman–Crippen MR) is 118 cm³/mol. The maximum Gasteiger partial charge on any atom is 0.262 e. The van der Waals surface area contributed by atoms with Gasteiger partial charge in [0.25, 0.3) is 11.8 Å². The van der Waals surface area contributed by atoms with E-state index in [2.05, 4.69) is 15.1 Å². The molecule has 1 N–H and O–H groups in total. The summed E-state index contributed by atoms with van der Waals surface area (Å²) in [6.07, 6.45) is 3.16. The Labute approximate surface area is 191 Å². The van der Waals surface area contributed by atoms with Gasteiger partial charge in [-0.2, -0.15) is 0 Å². The third-order valence-electron chi connectivity index (χ3n) is 7.27. The van der Waals surface area contributed by atoms with Crippen LogP contribution in [0.25, 0.3) is 0 Å². The van der Waals surface area contributed by atoms with Gasteiger partial charge in [0.15, 0.2) is 0 Å². The molecule has 0 aliphatic carbocycles. The number of piperazine rings is 1. The van der Waals surface area contributed by atoms with Crippen LogP contribution in [0.2, 0.25) is 0 Å². The molecular formula is C23H27N5O5. The Hall–Kier alpha value is -3.27. The van der Waals surface area contributed by atoms with Crippen LogP contribution in [0.4, 0.5) is 5.69 Å². The van der Waals surface area contributed by atoms with Gasteiger partial charge in [0.1, 0.15) is 6.04 Å². The molecule has 1 aromatic rings. The van der Waals surface area contributed by atoms with E-state index in [0.717, 1.165) is 69.1 Å². The summed E-state index contributed by atoms with van der Waals surface area (Å²) in [5.41, 5.74) is 1.50. The van der Waals surface area contributed by atoms with Crippen LogP contribution in [-0.4, -0.2) is 96.1 Å². The zero-order valence-corrected chi connectivity index (χ0v) is 18.4. The highest BCUT2D eigenvalue weighted by atomic mass is 16.2. The van der Waals surface area contributed by atoms with E-state index in [9.17, 15) is 24.0 Å². The second-order valence-electron chi connectivity index (χ2n) is 9.07. The topological polar surface area (TPSA) is 110 Å². The number of nitrogens with zero attached hydrogens (tertiary/aromatic N) is 4. The number of likely N-dealkylation sites (tertiary alicyclic amines) is 1. The van der Waals surface area contributed by atoms with Gasteiger partial charge in [-0.25, -0.2) is 0 Å². The number of nitrogens with one attached hydrogen (secondary N) is 1. The Balaban J connectivity index is 1.25. The number of hydrogen-bond acceptors (Lipinski definition) is 7. The van der Waals surface area contributed by atoms with E-state index in [4.69, 9.17) is 0 Å². The molecule has 10 nitrogen and oxygen atoms in total. The van der Waals surface area contributed by atoms with Crippen molar-refractivity contribution in [1.82, 2.24) is 20.0 Å². The lowest BCUT2D eigenvalue weighted by Gasteiger charge is -2.42. The van der Waals surface area contributed by atoms with Crippen molar-refractivity contribution in [3.63, 3.8) is 0 Å². The molecule has 4 heterocycles. The highest BCUT2D eigenvalue weighted by molar-refractivity contribution is 6.23. The molecule has 4 aliphatic heterocycles. The first-order valence-electron chi connectivity index (χ1n) is 11.5. The van der Waals surface area contributed by atoms with Gasteiger partial charge in [0.05, 0.1) is 11.1 Å². The molecule has 1 atom stereocenters. The molecule has 5 rings (SSSR count). The average molecular weight is 453 g/mol. The first-order valence-corrected chi connectivity index (χ1v) is 11.5. The highest BCUT2D eigenvalue weighted by Crippen LogP contribution is 2.31. The van der Waals surface area contributed by atoms with Crippen LogP contribution in [0.15, 0.2) is 18.2 Å². The van der Waals surface area contributed by atoms with E-state index < -0.39 is 23.8 Å². The number of benzene rings is 1. The number of fused-ring (bicyclic) bond motifs is 1. The first kappa shape index (κ1) is 21.6. The highest BCUT2D eigenvalue weighted by Gasteiger charge is 2.44. The van der Waals surface area contributed by atoms with Gasteiger partial charge in [-0.15, -0.1) is 0 Å². The number of carbonyl (C=O) groups excluding carboxylic acids is 5. The molecule has 3 fully saturated rings. The van der Waals surface area contributed by atoms with Crippen LogP contribution in [-0.2, 0) is 14.4 Å². The summed E-state index contributed by atoms with van der Waals surface area (Å²) < 4.78 is 0. The number of anilines is 1. The molecule has 33 heavy (non-hydrogen) atoms. The number of hydrogen-bond donors (Lipinski definition) is 1. The minimum atomic E-state index is -0.951. The molecule has 0 bridgehead atoms. The Morgan fingerprint density at radius 3 is 2.21 bits per heavy atom. The fourth-order valence-electron chi connectivity index (χ4n) is 5.36. The Bertz CT molecular complexity index is 1010. The Morgan fingerprint density at radius 2 is 1.55 bits per heavy atom. The molecule has 1 aromatic carbocycles. The summed E-state index contributed by atoms with van der Waals surface area (Å²) >= 11 is 0. The molecule has 5 amide bonds. The molecule has 0 radical (unpaired) electrons. The van der Waals surface area contributed by atoms with Gasteiger partial charge in [-0.05, 0) is 37.5 Å². The van der Waals surface area contributed by atoms with E-state index in [1.54, 1.807) is 12.1 Å². The van der Waals surface area contributed by atoms with Crippen LogP contribution in [0, 0.1) is 0 Å². The number of imide groups is 2. The summed E-state index contributed by atoms with van der Waals surface area (Å²) in [5, 5.41) is 2.22. The van der Waals surface area contributed by atoms with E-state index in [-0.39, 0.29) is 18.7 Å². The van der Waals surface area contributed by atoms with Crippen LogP contribution in [0.1, 0.15) is 46.4 Å². The van der Waals surface area contributed by atoms with Crippen LogP contribution in [0.3, 0.4) is 0 Å². The smallest absolute Gasteiger partial charge is 0.262 e. The standard InChI is InChI=1S/C23H27N5O5/c29-14-25-7-5-15(6-8-25)26-9-11-27(12-10-26)16-1-2-17-18(13-16)23(33)28(22(17)32)19-3-4-20(30)24-21(19)31/h1-2,13-15,19H,3-12H2,(H,24,30,31). The van der Waals surface area contributed by atoms with Crippen molar-refractivity contribution in [1.29, 1.82) is 0 Å². The zero-order valence-electron chi connectivity index (χ0n) is 18.4. The van der Waals surface area contributed by atoms with Gasteiger partial charge in [-0.3, -0.25) is 39.1 Å². The largest absolute Gasteiger partial charge is 0.369 e. The van der Waals surface area contributed by atoms with Crippen molar-refractivity contribution < 1.29 is 24.0 Å². The Morgan fingerprint density at radius 1 is 0.848 bits per heavy atom. The minimum absolute atomic E-state index is 0.105. The number of rotatable bonds is 4. The van der Waals surface area contributed by atoms with Gasteiger partial charge < -0.3 is 9.80 Å². The molecule has 3 saturated heterocycles. The van der Waals surface area contributed by atoms with Crippen molar-refractivity contribution >= 4 is 35.7 Å². The van der Waals surface area contributed by atoms with E-state index in [1.165, 1.54) is 0 Å². The van der Waals surface area contributed by atoms with E-state index in [0.29, 0.717) is 17.2 Å². The van der Waals surface area contributed by atoms with Crippen molar-refractivity contribution in [2.24, 2.45) is 0 Å². The monoisotopic (exact) mass is 453 g/mol. The maximum atomic E-state index is 13.1. The third kappa shape index (κ3) is 3.88. The molecule has 0 aromatic heterocycles. The summed E-state index contributed by atoms with van der Waals surface area (Å²) in [6.45, 7) is 5.03. The van der Waals surface area contributed by atoms with E-state index >= 15 is 0 Å². The third-order valence-corrected chi connectivity index (χ3v) is 7.27. The van der Waals surface area contributed by atoms with Crippen molar-refractivity contribution in [2.45, 2.75) is 37.8 Å². The summed E-state index contributed by atoms with van der Waals surface area (Å²) in [5.74, 6) is -1.95. The lowest BCUT2D eigenvalue weighted by atomic mass is 10.0. The van der Waals surface area contributed by atoms with Gasteiger partial charge in [-0.1, -0.05) is 0 Å². The second-order valence-corrected chi connectivity index (χ2v) is 9.07. The summed E-state index contributed by atoms with van der Waals surface area (Å²) in [6, 6.07) is 4.81. The average Bonchev–Trinajstić information content (AvgIpc) is 3.09. The normalized spacial score (nSPS) is 24.8. The molecular weight excluding hydrogens is 426 g/mol. The molecule has 174 valence electrons. The molecule has 0 saturated carbocycles. The lowest BCUT2D eigenvalue weighted by Crippen LogP contribution is -2.54. The SMILES string of the molecule is O=CN1CCC(N2CCN(c3ccc4c(c3)C(=O)N(C3CCC(=O)NC3=O)C4=O)CC2)CC1. The second kappa shape index (κ2) is 8.58. The van der Waals surface area contributed by atoms with Crippen LogP contribution in [0.5, 0.6) is 0 Å². The van der Waals surface area contributed by atoms with Crippen LogP contribution >= 0.6 is 0 Å². The molecule has 4 aliphatic rings. The fraction of sp³-hybridized carbons (Fsp3) is 0.522. The van der Waals surface area contributed by atoms with Gasteiger partial charge >= 0.3 is 0 Å². The number of piperidine rings is 2. The number of carbonyl (C=O) groups is 5. The van der Waals surface area contributed by atoms with Gasteiger partial charge in [0.2, 0.25) is 18.2 Å². The fourth-order valence-corrected chi connectivity index (χ4v) is 5.36. The van der Waals surface area contributed by atoms with Crippen LogP contribution < -0.4 is 10.2 Å². The molecule has 10 heteroatoms. The summed E-state index contributed by atoms with van der Waals surface area (Å²) in [4.78, 5) is 68.1. The minimum Gasteiger partial charge on any atom is -0.369 e. The zero-order chi connectivity index (χ0) is 23.1. The number of amides is 5.